The Kier molecular flexibility index (Phi) is 8.42. The Morgan fingerprint density at radius 1 is 0.320 bits per heavy atom. The van der Waals surface area contributed by atoms with E-state index in [9.17, 15) is 19.2 Å². The molecule has 0 radical (unpaired) electrons. The van der Waals surface area contributed by atoms with Gasteiger partial charge in [-0.1, -0.05) is 158 Å². The van der Waals surface area contributed by atoms with E-state index in [4.69, 9.17) is 11.5 Å². The first-order chi connectivity index (χ1) is 24.4. The summed E-state index contributed by atoms with van der Waals surface area (Å²) in [6, 6.07) is 46.5. The molecule has 0 saturated carbocycles. The highest BCUT2D eigenvalue weighted by Gasteiger charge is 2.20. The maximum Gasteiger partial charge on any atom is 0.195 e. The van der Waals surface area contributed by atoms with Gasteiger partial charge in [-0.2, -0.15) is 0 Å². The summed E-state index contributed by atoms with van der Waals surface area (Å²) < 4.78 is 0. The number of carbonyl (C=O) groups is 2. The molecule has 6 heteroatoms. The molecule has 0 spiro atoms. The van der Waals surface area contributed by atoms with Gasteiger partial charge in [0.2, 0.25) is 0 Å². The smallest absolute Gasteiger partial charge is 0.195 e. The summed E-state index contributed by atoms with van der Waals surface area (Å²) in [6.45, 7) is 0. The fraction of sp³-hybridized carbons (Fsp3) is 0. The van der Waals surface area contributed by atoms with E-state index in [0.29, 0.717) is 76.7 Å². The third-order valence-corrected chi connectivity index (χ3v) is 8.87. The average molecular weight is 651 g/mol. The Balaban J connectivity index is 0.000000157. The molecule has 0 unspecified atom stereocenters. The number of benzene rings is 6. The minimum Gasteiger partial charge on any atom is -0.398 e. The summed E-state index contributed by atoms with van der Waals surface area (Å²) >= 11 is 0. The number of anilines is 2. The van der Waals surface area contributed by atoms with Crippen molar-refractivity contribution in [3.8, 4) is 0 Å². The zero-order chi connectivity index (χ0) is 34.8. The van der Waals surface area contributed by atoms with Crippen LogP contribution in [0, 0.1) is 0 Å². The standard InChI is InChI=1S/2C22H15NO2/c2*23-20-16-11-5-7-13-18(16)22(25)17-12-6-4-10-15(17)19(20)21(24)14-8-2-1-3-9-14/h2*1-13H,23H2. The summed E-state index contributed by atoms with van der Waals surface area (Å²) in [7, 11) is 0. The lowest BCUT2D eigenvalue weighted by atomic mass is 9.98. The highest BCUT2D eigenvalue weighted by Crippen LogP contribution is 2.31. The van der Waals surface area contributed by atoms with Crippen LogP contribution in [0.3, 0.4) is 0 Å². The van der Waals surface area contributed by atoms with Crippen molar-refractivity contribution in [3.63, 3.8) is 0 Å². The van der Waals surface area contributed by atoms with E-state index >= 15 is 0 Å². The summed E-state index contributed by atoms with van der Waals surface area (Å²) in [6.07, 6.45) is 0. The molecule has 0 aromatic heterocycles. The van der Waals surface area contributed by atoms with Crippen LogP contribution in [0.25, 0.3) is 43.1 Å². The maximum absolute atomic E-state index is 13.2. The molecule has 6 nitrogen and oxygen atoms in total. The minimum absolute atomic E-state index is 0.120. The van der Waals surface area contributed by atoms with Crippen LogP contribution in [0.2, 0.25) is 0 Å². The lowest BCUT2D eigenvalue weighted by molar-refractivity contribution is 0.103. The molecule has 0 amide bonds. The molecular formula is C44H30N2O4. The van der Waals surface area contributed by atoms with Crippen molar-refractivity contribution in [1.29, 1.82) is 0 Å². The van der Waals surface area contributed by atoms with Crippen molar-refractivity contribution in [1.82, 2.24) is 0 Å². The Morgan fingerprint density at radius 2 is 0.560 bits per heavy atom. The maximum atomic E-state index is 13.2. The van der Waals surface area contributed by atoms with E-state index in [1.54, 1.807) is 97.1 Å². The number of rotatable bonds is 4. The van der Waals surface area contributed by atoms with Crippen molar-refractivity contribution in [3.05, 3.63) is 200 Å². The van der Waals surface area contributed by atoms with Crippen LogP contribution < -0.4 is 22.3 Å². The van der Waals surface area contributed by atoms with Gasteiger partial charge in [-0.25, -0.2) is 0 Å². The molecule has 8 rings (SSSR count). The Hall–Kier alpha value is -6.92. The van der Waals surface area contributed by atoms with Crippen molar-refractivity contribution in [2.45, 2.75) is 0 Å². The topological polar surface area (TPSA) is 120 Å². The van der Waals surface area contributed by atoms with Crippen LogP contribution >= 0.6 is 0 Å². The van der Waals surface area contributed by atoms with Crippen LogP contribution in [0.1, 0.15) is 31.8 Å². The Bertz CT molecular complexity index is 2550. The summed E-state index contributed by atoms with van der Waals surface area (Å²) in [4.78, 5) is 52.4. The Labute approximate surface area is 286 Å². The first kappa shape index (κ1) is 31.7. The zero-order valence-electron chi connectivity index (χ0n) is 26.8. The van der Waals surface area contributed by atoms with Gasteiger partial charge in [0.1, 0.15) is 0 Å². The van der Waals surface area contributed by atoms with Crippen LogP contribution in [0.15, 0.2) is 167 Å². The second kappa shape index (κ2) is 13.3. The van der Waals surface area contributed by atoms with E-state index in [0.717, 1.165) is 0 Å². The SMILES string of the molecule is Nc1c(C(=O)c2ccccc2)c2ccccc2c(=O)c2ccccc12.Nc1c(C(=O)c2ccccc2)c2ccccc2c(=O)c2ccccc12. The molecule has 0 saturated heterocycles. The number of hydrogen-bond acceptors (Lipinski definition) is 6. The number of carbonyl (C=O) groups excluding carboxylic acids is 2. The van der Waals surface area contributed by atoms with Gasteiger partial charge in [-0.3, -0.25) is 19.2 Å². The molecule has 0 aliphatic rings. The molecule has 0 aliphatic carbocycles. The van der Waals surface area contributed by atoms with Gasteiger partial charge in [0.25, 0.3) is 0 Å². The van der Waals surface area contributed by atoms with Gasteiger partial charge in [0, 0.05) is 43.4 Å². The molecule has 4 N–H and O–H groups in total. The summed E-state index contributed by atoms with van der Waals surface area (Å²) in [5.41, 5.74) is 15.1. The van der Waals surface area contributed by atoms with E-state index in [1.807, 2.05) is 60.7 Å². The fourth-order valence-electron chi connectivity index (χ4n) is 6.44. The van der Waals surface area contributed by atoms with Gasteiger partial charge in [0.15, 0.2) is 22.4 Å². The highest BCUT2D eigenvalue weighted by atomic mass is 16.1. The van der Waals surface area contributed by atoms with Gasteiger partial charge < -0.3 is 11.5 Å². The largest absolute Gasteiger partial charge is 0.398 e. The number of fused-ring (bicyclic) bond motifs is 4. The van der Waals surface area contributed by atoms with Crippen LogP contribution in [-0.2, 0) is 0 Å². The molecule has 0 bridgehead atoms. The third-order valence-electron chi connectivity index (χ3n) is 8.87. The van der Waals surface area contributed by atoms with Crippen molar-refractivity contribution < 1.29 is 9.59 Å². The second-order valence-electron chi connectivity index (χ2n) is 11.8. The normalized spacial score (nSPS) is 10.9. The predicted molar refractivity (Wildman–Crippen MR) is 204 cm³/mol. The lowest BCUT2D eigenvalue weighted by Crippen LogP contribution is -2.05. The molecule has 8 aromatic carbocycles. The molecular weight excluding hydrogens is 620 g/mol. The van der Waals surface area contributed by atoms with E-state index < -0.39 is 0 Å². The predicted octanol–water partition coefficient (Wildman–Crippen LogP) is 8.33. The van der Waals surface area contributed by atoms with Crippen LogP contribution in [0.4, 0.5) is 11.4 Å². The van der Waals surface area contributed by atoms with Crippen molar-refractivity contribution in [2.24, 2.45) is 0 Å². The second-order valence-corrected chi connectivity index (χ2v) is 11.8. The quantitative estimate of drug-likeness (QED) is 0.185. The zero-order valence-corrected chi connectivity index (χ0v) is 26.8. The van der Waals surface area contributed by atoms with Crippen LogP contribution in [0.5, 0.6) is 0 Å². The van der Waals surface area contributed by atoms with Gasteiger partial charge in [-0.05, 0) is 10.8 Å². The molecule has 0 fully saturated rings. The fourth-order valence-corrected chi connectivity index (χ4v) is 6.44. The number of ketones is 2. The first-order valence-electron chi connectivity index (χ1n) is 16.0. The first-order valence-corrected chi connectivity index (χ1v) is 16.0. The molecule has 50 heavy (non-hydrogen) atoms. The third kappa shape index (κ3) is 5.55. The molecule has 240 valence electrons. The summed E-state index contributed by atoms with van der Waals surface area (Å²) in [5, 5.41) is 4.38. The van der Waals surface area contributed by atoms with E-state index in [2.05, 4.69) is 0 Å². The van der Waals surface area contributed by atoms with Gasteiger partial charge in [-0.15, -0.1) is 0 Å². The van der Waals surface area contributed by atoms with E-state index in [-0.39, 0.29) is 22.4 Å². The minimum atomic E-state index is -0.185. The molecule has 0 heterocycles. The number of nitrogen functional groups attached to an aromatic ring is 2. The Morgan fingerprint density at radius 3 is 0.880 bits per heavy atom. The van der Waals surface area contributed by atoms with E-state index in [1.165, 1.54) is 0 Å². The van der Waals surface area contributed by atoms with Gasteiger partial charge >= 0.3 is 0 Å². The highest BCUT2D eigenvalue weighted by molar-refractivity contribution is 6.23. The summed E-state index contributed by atoms with van der Waals surface area (Å²) in [5.74, 6) is -0.370. The number of nitrogens with two attached hydrogens (primary N) is 2. The molecule has 0 atom stereocenters. The van der Waals surface area contributed by atoms with Crippen molar-refractivity contribution >= 4 is 66.0 Å². The molecule has 8 aromatic rings. The average Bonchev–Trinajstić information content (AvgIpc) is 3.33. The number of hydrogen-bond donors (Lipinski definition) is 2. The van der Waals surface area contributed by atoms with Gasteiger partial charge in [0.05, 0.1) is 22.5 Å². The monoisotopic (exact) mass is 650 g/mol. The lowest BCUT2D eigenvalue weighted by Gasteiger charge is -2.06. The molecule has 0 aliphatic heterocycles. The van der Waals surface area contributed by atoms with Crippen molar-refractivity contribution in [2.75, 3.05) is 11.5 Å². The van der Waals surface area contributed by atoms with Crippen LogP contribution in [-0.4, -0.2) is 11.6 Å².